The van der Waals surface area contributed by atoms with Crippen LogP contribution in [-0.4, -0.2) is 58.6 Å². The van der Waals surface area contributed by atoms with Crippen molar-refractivity contribution in [2.45, 2.75) is 25.4 Å². The van der Waals surface area contributed by atoms with Gasteiger partial charge < -0.3 is 10.0 Å². The quantitative estimate of drug-likeness (QED) is 0.832. The summed E-state index contributed by atoms with van der Waals surface area (Å²) in [4.78, 5) is 19.5. The molecule has 0 radical (unpaired) electrons. The highest BCUT2D eigenvalue weighted by atomic mass is 16.4. The molecule has 19 heavy (non-hydrogen) atoms. The Morgan fingerprint density at radius 2 is 2.42 bits per heavy atom. The van der Waals surface area contributed by atoms with Gasteiger partial charge in [0.15, 0.2) is 0 Å². The predicted octanol–water partition coefficient (Wildman–Crippen LogP) is 1.06. The van der Waals surface area contributed by atoms with Crippen LogP contribution in [0.15, 0.2) is 24.4 Å². The third-order valence-electron chi connectivity index (χ3n) is 3.66. The van der Waals surface area contributed by atoms with Gasteiger partial charge in [-0.1, -0.05) is 6.07 Å². The molecule has 1 unspecified atom stereocenters. The monoisotopic (exact) mass is 263 g/mol. The summed E-state index contributed by atoms with van der Waals surface area (Å²) in [5.74, 6) is -0.727. The number of carboxylic acid groups (broad SMARTS) is 1. The minimum Gasteiger partial charge on any atom is -0.481 e. The molecule has 104 valence electrons. The van der Waals surface area contributed by atoms with Gasteiger partial charge in [0, 0.05) is 38.4 Å². The van der Waals surface area contributed by atoms with Crippen LogP contribution in [0.3, 0.4) is 0 Å². The van der Waals surface area contributed by atoms with E-state index in [4.69, 9.17) is 5.11 Å². The Bertz CT molecular complexity index is 410. The van der Waals surface area contributed by atoms with Crippen molar-refractivity contribution in [3.8, 4) is 0 Å². The van der Waals surface area contributed by atoms with E-state index >= 15 is 0 Å². The highest BCUT2D eigenvalue weighted by Gasteiger charge is 2.25. The highest BCUT2D eigenvalue weighted by Crippen LogP contribution is 2.16. The van der Waals surface area contributed by atoms with Gasteiger partial charge in [0.25, 0.3) is 0 Å². The second-order valence-corrected chi connectivity index (χ2v) is 5.12. The SMILES string of the molecule is CN(CCC(=O)O)C1CCN(Cc2ccccn2)C1. The lowest BCUT2D eigenvalue weighted by molar-refractivity contribution is -0.137. The summed E-state index contributed by atoms with van der Waals surface area (Å²) in [6.07, 6.45) is 3.14. The first-order valence-corrected chi connectivity index (χ1v) is 6.69. The second-order valence-electron chi connectivity index (χ2n) is 5.12. The van der Waals surface area contributed by atoms with Crippen LogP contribution < -0.4 is 0 Å². The third kappa shape index (κ3) is 4.29. The summed E-state index contributed by atoms with van der Waals surface area (Å²) in [5.41, 5.74) is 1.09. The van der Waals surface area contributed by atoms with E-state index < -0.39 is 5.97 Å². The van der Waals surface area contributed by atoms with Gasteiger partial charge >= 0.3 is 5.97 Å². The molecule has 1 aromatic heterocycles. The summed E-state index contributed by atoms with van der Waals surface area (Å²) in [7, 11) is 2.01. The molecule has 1 N–H and O–H groups in total. The van der Waals surface area contributed by atoms with Crippen molar-refractivity contribution in [3.63, 3.8) is 0 Å². The first kappa shape index (κ1) is 14.0. The molecule has 5 heteroatoms. The maximum atomic E-state index is 10.6. The normalized spacial score (nSPS) is 20.0. The van der Waals surface area contributed by atoms with Crippen molar-refractivity contribution in [3.05, 3.63) is 30.1 Å². The van der Waals surface area contributed by atoms with Crippen LogP contribution in [0.25, 0.3) is 0 Å². The van der Waals surface area contributed by atoms with Gasteiger partial charge in [-0.05, 0) is 25.6 Å². The van der Waals surface area contributed by atoms with Crippen molar-refractivity contribution in [2.75, 3.05) is 26.7 Å². The second kappa shape index (κ2) is 6.63. The van der Waals surface area contributed by atoms with Crippen LogP contribution in [0.2, 0.25) is 0 Å². The number of nitrogens with zero attached hydrogens (tertiary/aromatic N) is 3. The van der Waals surface area contributed by atoms with E-state index in [1.807, 2.05) is 31.4 Å². The molecule has 1 fully saturated rings. The molecule has 0 saturated carbocycles. The summed E-state index contributed by atoms with van der Waals surface area (Å²) in [5, 5.41) is 8.71. The number of aromatic nitrogens is 1. The van der Waals surface area contributed by atoms with Gasteiger partial charge in [-0.25, -0.2) is 0 Å². The van der Waals surface area contributed by atoms with Crippen LogP contribution in [0.1, 0.15) is 18.5 Å². The molecular weight excluding hydrogens is 242 g/mol. The van der Waals surface area contributed by atoms with Gasteiger partial charge in [0.1, 0.15) is 0 Å². The third-order valence-corrected chi connectivity index (χ3v) is 3.66. The molecular formula is C14H21N3O2. The lowest BCUT2D eigenvalue weighted by Crippen LogP contribution is -2.35. The Morgan fingerprint density at radius 3 is 3.11 bits per heavy atom. The molecule has 2 heterocycles. The number of rotatable bonds is 6. The number of likely N-dealkylation sites (N-methyl/N-ethyl adjacent to an activating group) is 1. The van der Waals surface area contributed by atoms with Crippen LogP contribution in [0.5, 0.6) is 0 Å². The smallest absolute Gasteiger partial charge is 0.304 e. The van der Waals surface area contributed by atoms with Crippen molar-refractivity contribution in [1.29, 1.82) is 0 Å². The van der Waals surface area contributed by atoms with E-state index in [-0.39, 0.29) is 6.42 Å². The average molecular weight is 263 g/mol. The number of hydrogen-bond donors (Lipinski definition) is 1. The van der Waals surface area contributed by atoms with Gasteiger partial charge in [-0.15, -0.1) is 0 Å². The number of hydrogen-bond acceptors (Lipinski definition) is 4. The Labute approximate surface area is 113 Å². The van der Waals surface area contributed by atoms with Crippen molar-refractivity contribution in [2.24, 2.45) is 0 Å². The number of pyridine rings is 1. The summed E-state index contributed by atoms with van der Waals surface area (Å²) < 4.78 is 0. The predicted molar refractivity (Wildman–Crippen MR) is 72.8 cm³/mol. The minimum atomic E-state index is -0.727. The van der Waals surface area contributed by atoms with E-state index in [1.54, 1.807) is 0 Å². The van der Waals surface area contributed by atoms with Gasteiger partial charge in [0.2, 0.25) is 0 Å². The molecule has 0 amide bonds. The standard InChI is InChI=1S/C14H21N3O2/c1-16(8-6-14(18)19)13-5-9-17(11-13)10-12-4-2-3-7-15-12/h2-4,7,13H,5-6,8-11H2,1H3,(H,18,19). The molecule has 1 atom stereocenters. The molecule has 2 rings (SSSR count). The fraction of sp³-hybridized carbons (Fsp3) is 0.571. The van der Waals surface area contributed by atoms with E-state index in [2.05, 4.69) is 14.8 Å². The van der Waals surface area contributed by atoms with E-state index in [0.29, 0.717) is 12.6 Å². The summed E-state index contributed by atoms with van der Waals surface area (Å²) in [6.45, 7) is 3.55. The lowest BCUT2D eigenvalue weighted by atomic mass is 10.2. The fourth-order valence-corrected chi connectivity index (χ4v) is 2.49. The molecule has 0 aliphatic carbocycles. The number of likely N-dealkylation sites (tertiary alicyclic amines) is 1. The fourth-order valence-electron chi connectivity index (χ4n) is 2.49. The lowest BCUT2D eigenvalue weighted by Gasteiger charge is -2.24. The van der Waals surface area contributed by atoms with Crippen molar-refractivity contribution < 1.29 is 9.90 Å². The maximum Gasteiger partial charge on any atom is 0.304 e. The summed E-state index contributed by atoms with van der Waals surface area (Å²) >= 11 is 0. The zero-order valence-corrected chi connectivity index (χ0v) is 11.3. The van der Waals surface area contributed by atoms with Crippen LogP contribution in [-0.2, 0) is 11.3 Å². The Morgan fingerprint density at radius 1 is 1.58 bits per heavy atom. The molecule has 0 spiro atoms. The van der Waals surface area contributed by atoms with Crippen molar-refractivity contribution in [1.82, 2.24) is 14.8 Å². The van der Waals surface area contributed by atoms with Gasteiger partial charge in [0.05, 0.1) is 12.1 Å². The zero-order chi connectivity index (χ0) is 13.7. The largest absolute Gasteiger partial charge is 0.481 e. The Kier molecular flexibility index (Phi) is 4.87. The van der Waals surface area contributed by atoms with Gasteiger partial charge in [-0.3, -0.25) is 14.7 Å². The molecule has 1 saturated heterocycles. The Balaban J connectivity index is 1.78. The van der Waals surface area contributed by atoms with Crippen molar-refractivity contribution >= 4 is 5.97 Å². The van der Waals surface area contributed by atoms with E-state index in [1.165, 1.54) is 0 Å². The number of carboxylic acids is 1. The number of aliphatic carboxylic acids is 1. The molecule has 1 aromatic rings. The van der Waals surface area contributed by atoms with E-state index in [9.17, 15) is 4.79 Å². The first-order chi connectivity index (χ1) is 9.15. The Hall–Kier alpha value is -1.46. The van der Waals surface area contributed by atoms with Crippen LogP contribution >= 0.6 is 0 Å². The highest BCUT2D eigenvalue weighted by molar-refractivity contribution is 5.66. The molecule has 0 aromatic carbocycles. The zero-order valence-electron chi connectivity index (χ0n) is 11.3. The molecule has 5 nitrogen and oxygen atoms in total. The van der Waals surface area contributed by atoms with Crippen LogP contribution in [0.4, 0.5) is 0 Å². The van der Waals surface area contributed by atoms with Crippen LogP contribution in [0, 0.1) is 0 Å². The maximum absolute atomic E-state index is 10.6. The van der Waals surface area contributed by atoms with E-state index in [0.717, 1.165) is 31.7 Å². The topological polar surface area (TPSA) is 56.7 Å². The molecule has 1 aliphatic heterocycles. The molecule has 1 aliphatic rings. The average Bonchev–Trinajstić information content (AvgIpc) is 2.85. The molecule has 0 bridgehead atoms. The number of carbonyl (C=O) groups is 1. The van der Waals surface area contributed by atoms with Gasteiger partial charge in [-0.2, -0.15) is 0 Å². The summed E-state index contributed by atoms with van der Waals surface area (Å²) in [6, 6.07) is 6.44. The first-order valence-electron chi connectivity index (χ1n) is 6.69. The minimum absolute atomic E-state index is 0.216.